The zero-order valence-corrected chi connectivity index (χ0v) is 13.3. The van der Waals surface area contributed by atoms with Gasteiger partial charge in [0.15, 0.2) is 4.34 Å². The van der Waals surface area contributed by atoms with Crippen molar-refractivity contribution < 1.29 is 0 Å². The molecule has 0 saturated carbocycles. The molecule has 3 nitrogen and oxygen atoms in total. The monoisotopic (exact) mass is 307 g/mol. The van der Waals surface area contributed by atoms with Gasteiger partial charge in [-0.2, -0.15) is 0 Å². The summed E-state index contributed by atoms with van der Waals surface area (Å²) >= 11 is 5.00. The fraction of sp³-hybridized carbons (Fsp3) is 0.308. The lowest BCUT2D eigenvalue weighted by Crippen LogP contribution is -2.07. The van der Waals surface area contributed by atoms with Gasteiger partial charge in [0.05, 0.1) is 0 Å². The van der Waals surface area contributed by atoms with Crippen LogP contribution in [-0.2, 0) is 5.41 Å². The second-order valence-corrected chi connectivity index (χ2v) is 8.32. The molecule has 0 atom stereocenters. The molecule has 0 saturated heterocycles. The topological polar surface area (TPSA) is 38.7 Å². The van der Waals surface area contributed by atoms with Gasteiger partial charge in [0, 0.05) is 16.5 Å². The molecule has 3 aromatic rings. The minimum absolute atomic E-state index is 0.153. The lowest BCUT2D eigenvalue weighted by molar-refractivity contribution is 0.602. The van der Waals surface area contributed by atoms with Crippen LogP contribution in [0.15, 0.2) is 33.3 Å². The molecule has 98 valence electrons. The van der Waals surface area contributed by atoms with Crippen molar-refractivity contribution in [3.05, 3.63) is 28.8 Å². The Morgan fingerprint density at radius 1 is 1.16 bits per heavy atom. The number of aromatic nitrogens is 3. The summed E-state index contributed by atoms with van der Waals surface area (Å²) in [6, 6.07) is 2.07. The van der Waals surface area contributed by atoms with Crippen LogP contribution >= 0.6 is 34.4 Å². The van der Waals surface area contributed by atoms with E-state index in [0.29, 0.717) is 0 Å². The second-order valence-electron chi connectivity index (χ2n) is 5.16. The Morgan fingerprint density at radius 2 is 2.00 bits per heavy atom. The summed E-state index contributed by atoms with van der Waals surface area (Å²) in [7, 11) is 0. The molecule has 0 N–H and O–H groups in total. The summed E-state index contributed by atoms with van der Waals surface area (Å²) in [4.78, 5) is 15.5. The van der Waals surface area contributed by atoms with Crippen LogP contribution in [0.1, 0.15) is 25.6 Å². The summed E-state index contributed by atoms with van der Waals surface area (Å²) in [6.45, 7) is 6.62. The second kappa shape index (κ2) is 4.85. The lowest BCUT2D eigenvalue weighted by Gasteiger charge is -2.14. The highest BCUT2D eigenvalue weighted by Gasteiger charge is 2.18. The molecule has 0 radical (unpaired) electrons. The highest BCUT2D eigenvalue weighted by Crippen LogP contribution is 2.37. The maximum atomic E-state index is 4.49. The molecule has 0 aliphatic carbocycles. The smallest absolute Gasteiger partial charge is 0.156 e. The van der Waals surface area contributed by atoms with Crippen LogP contribution in [0.25, 0.3) is 10.2 Å². The van der Waals surface area contributed by atoms with Crippen LogP contribution in [0.5, 0.6) is 0 Å². The van der Waals surface area contributed by atoms with Crippen molar-refractivity contribution in [2.75, 3.05) is 0 Å². The van der Waals surface area contributed by atoms with E-state index in [0.717, 1.165) is 19.6 Å². The predicted molar refractivity (Wildman–Crippen MR) is 82.4 cm³/mol. The standard InChI is InChI=1S/C13H13N3S3/c1-13(2,3)9-6-14-12(18-9)19-11-8-4-5-17-10(8)15-7-16-11/h4-7H,1-3H3. The summed E-state index contributed by atoms with van der Waals surface area (Å²) in [5.41, 5.74) is 0.153. The van der Waals surface area contributed by atoms with Crippen LogP contribution in [0.4, 0.5) is 0 Å². The van der Waals surface area contributed by atoms with Gasteiger partial charge >= 0.3 is 0 Å². The number of rotatable bonds is 2. The van der Waals surface area contributed by atoms with E-state index in [2.05, 4.69) is 41.8 Å². The number of nitrogens with zero attached hydrogens (tertiary/aromatic N) is 3. The van der Waals surface area contributed by atoms with Gasteiger partial charge in [-0.25, -0.2) is 15.0 Å². The largest absolute Gasteiger partial charge is 0.237 e. The highest BCUT2D eigenvalue weighted by molar-refractivity contribution is 8.01. The maximum Gasteiger partial charge on any atom is 0.156 e. The van der Waals surface area contributed by atoms with E-state index in [-0.39, 0.29) is 5.41 Å². The van der Waals surface area contributed by atoms with E-state index in [1.54, 1.807) is 40.8 Å². The van der Waals surface area contributed by atoms with E-state index in [1.165, 1.54) is 4.88 Å². The quantitative estimate of drug-likeness (QED) is 0.649. The SMILES string of the molecule is CC(C)(C)c1cnc(Sc2ncnc3sccc23)s1. The van der Waals surface area contributed by atoms with Gasteiger partial charge in [0.1, 0.15) is 16.2 Å². The van der Waals surface area contributed by atoms with Crippen molar-refractivity contribution in [1.29, 1.82) is 0 Å². The number of fused-ring (bicyclic) bond motifs is 1. The maximum absolute atomic E-state index is 4.49. The Kier molecular flexibility index (Phi) is 3.32. The fourth-order valence-corrected chi connectivity index (χ4v) is 4.40. The molecular weight excluding hydrogens is 294 g/mol. The molecule has 0 aromatic carbocycles. The third kappa shape index (κ3) is 2.66. The summed E-state index contributed by atoms with van der Waals surface area (Å²) in [5.74, 6) is 0. The van der Waals surface area contributed by atoms with Crippen LogP contribution < -0.4 is 0 Å². The first-order valence-electron chi connectivity index (χ1n) is 5.86. The Labute approximate surface area is 124 Å². The molecule has 3 heterocycles. The zero-order valence-electron chi connectivity index (χ0n) is 10.9. The van der Waals surface area contributed by atoms with Gasteiger partial charge in [0.25, 0.3) is 0 Å². The first-order chi connectivity index (χ1) is 9.04. The third-order valence-corrected chi connectivity index (χ3v) is 5.97. The molecule has 19 heavy (non-hydrogen) atoms. The van der Waals surface area contributed by atoms with Gasteiger partial charge in [-0.05, 0) is 28.6 Å². The molecule has 0 fully saturated rings. The Morgan fingerprint density at radius 3 is 2.74 bits per heavy atom. The van der Waals surface area contributed by atoms with Gasteiger partial charge in [-0.15, -0.1) is 22.7 Å². The van der Waals surface area contributed by atoms with Crippen molar-refractivity contribution in [3.8, 4) is 0 Å². The summed E-state index contributed by atoms with van der Waals surface area (Å²) in [5, 5.41) is 4.15. The molecule has 3 aromatic heterocycles. The third-order valence-electron chi connectivity index (χ3n) is 2.63. The number of hydrogen-bond acceptors (Lipinski definition) is 6. The Balaban J connectivity index is 1.93. The Hall–Kier alpha value is -0.980. The molecule has 6 heteroatoms. The van der Waals surface area contributed by atoms with Crippen molar-refractivity contribution in [1.82, 2.24) is 15.0 Å². The minimum Gasteiger partial charge on any atom is -0.237 e. The van der Waals surface area contributed by atoms with Crippen LogP contribution in [0, 0.1) is 0 Å². The van der Waals surface area contributed by atoms with E-state index in [1.807, 2.05) is 11.6 Å². The highest BCUT2D eigenvalue weighted by atomic mass is 32.2. The lowest BCUT2D eigenvalue weighted by atomic mass is 9.96. The number of hydrogen-bond donors (Lipinski definition) is 0. The molecule has 0 aliphatic rings. The van der Waals surface area contributed by atoms with Crippen molar-refractivity contribution in [3.63, 3.8) is 0 Å². The van der Waals surface area contributed by atoms with E-state index >= 15 is 0 Å². The van der Waals surface area contributed by atoms with E-state index < -0.39 is 0 Å². The van der Waals surface area contributed by atoms with Crippen molar-refractivity contribution in [2.24, 2.45) is 0 Å². The zero-order chi connectivity index (χ0) is 13.5. The number of thiazole rings is 1. The van der Waals surface area contributed by atoms with Gasteiger partial charge in [-0.3, -0.25) is 0 Å². The minimum atomic E-state index is 0.153. The van der Waals surface area contributed by atoms with Crippen LogP contribution in [0.2, 0.25) is 0 Å². The molecule has 3 rings (SSSR count). The Bertz CT molecular complexity index is 709. The molecule has 0 amide bonds. The summed E-state index contributed by atoms with van der Waals surface area (Å²) < 4.78 is 1.04. The molecule has 0 bridgehead atoms. The summed E-state index contributed by atoms with van der Waals surface area (Å²) in [6.07, 6.45) is 3.60. The van der Waals surface area contributed by atoms with Crippen LogP contribution in [0.3, 0.4) is 0 Å². The average molecular weight is 307 g/mol. The molecule has 0 spiro atoms. The average Bonchev–Trinajstić information content (AvgIpc) is 2.96. The van der Waals surface area contributed by atoms with E-state index in [9.17, 15) is 0 Å². The van der Waals surface area contributed by atoms with Crippen molar-refractivity contribution >= 4 is 44.7 Å². The van der Waals surface area contributed by atoms with Crippen molar-refractivity contribution in [2.45, 2.75) is 35.6 Å². The van der Waals surface area contributed by atoms with Gasteiger partial charge in [0.2, 0.25) is 0 Å². The molecule has 0 unspecified atom stereocenters. The van der Waals surface area contributed by atoms with E-state index in [4.69, 9.17) is 0 Å². The fourth-order valence-electron chi connectivity index (χ4n) is 1.58. The van der Waals surface area contributed by atoms with Crippen LogP contribution in [-0.4, -0.2) is 15.0 Å². The molecular formula is C13H13N3S3. The van der Waals surface area contributed by atoms with Gasteiger partial charge in [-0.1, -0.05) is 20.8 Å². The molecule has 0 aliphatic heterocycles. The predicted octanol–water partition coefficient (Wildman–Crippen LogP) is 4.60. The van der Waals surface area contributed by atoms with Gasteiger partial charge < -0.3 is 0 Å². The number of thiophene rings is 1. The normalized spacial score (nSPS) is 12.2. The first-order valence-corrected chi connectivity index (χ1v) is 8.38. The first kappa shape index (κ1) is 13.0.